The van der Waals surface area contributed by atoms with Gasteiger partial charge in [-0.2, -0.15) is 0 Å². The second-order valence-electron chi connectivity index (χ2n) is 3.04. The zero-order valence-corrected chi connectivity index (χ0v) is 8.47. The summed E-state index contributed by atoms with van der Waals surface area (Å²) in [4.78, 5) is 21.5. The molecule has 0 saturated carbocycles. The Morgan fingerprint density at radius 2 is 2.53 bits per heavy atom. The molecule has 0 radical (unpaired) electrons. The summed E-state index contributed by atoms with van der Waals surface area (Å²) in [6.45, 7) is 2.49. The predicted molar refractivity (Wildman–Crippen MR) is 50.9 cm³/mol. The van der Waals surface area contributed by atoms with Crippen LogP contribution >= 0.6 is 0 Å². The molecule has 0 saturated heterocycles. The normalized spacial score (nSPS) is 17.8. The molecule has 0 aliphatic carbocycles. The molecule has 0 fully saturated rings. The van der Waals surface area contributed by atoms with Crippen molar-refractivity contribution in [2.24, 2.45) is 0 Å². The van der Waals surface area contributed by atoms with Gasteiger partial charge in [0.1, 0.15) is 0 Å². The number of nitro groups is 1. The summed E-state index contributed by atoms with van der Waals surface area (Å²) in [6.07, 6.45) is 1.98. The van der Waals surface area contributed by atoms with Gasteiger partial charge in [0.05, 0.1) is 19.8 Å². The molecule has 6 heteroatoms. The highest BCUT2D eigenvalue weighted by molar-refractivity contribution is 5.78. The van der Waals surface area contributed by atoms with Crippen molar-refractivity contribution >= 4 is 5.97 Å². The fourth-order valence-electron chi connectivity index (χ4n) is 1.38. The number of nitrogens with zero attached hydrogens (tertiary/aromatic N) is 1. The molecule has 0 amide bonds. The van der Waals surface area contributed by atoms with E-state index < -0.39 is 16.9 Å². The highest BCUT2D eigenvalue weighted by atomic mass is 16.6. The first-order chi connectivity index (χ1) is 7.16. The van der Waals surface area contributed by atoms with E-state index in [0.29, 0.717) is 25.2 Å². The van der Waals surface area contributed by atoms with Crippen molar-refractivity contribution in [1.29, 1.82) is 0 Å². The molecule has 0 aromatic carbocycles. The van der Waals surface area contributed by atoms with Gasteiger partial charge in [-0.05, 0) is 13.3 Å². The third kappa shape index (κ3) is 3.02. The summed E-state index contributed by atoms with van der Waals surface area (Å²) >= 11 is 0. The minimum Gasteiger partial charge on any atom is -0.461 e. The van der Waals surface area contributed by atoms with Crippen molar-refractivity contribution in [3.63, 3.8) is 0 Å². The van der Waals surface area contributed by atoms with E-state index in [-0.39, 0.29) is 6.61 Å². The zero-order valence-electron chi connectivity index (χ0n) is 8.47. The highest BCUT2D eigenvalue weighted by Gasteiger charge is 2.35. The fraction of sp³-hybridized carbons (Fsp3) is 0.667. The topological polar surface area (TPSA) is 78.7 Å². The van der Waals surface area contributed by atoms with Gasteiger partial charge in [0, 0.05) is 10.5 Å². The lowest BCUT2D eigenvalue weighted by Gasteiger charge is -2.15. The van der Waals surface area contributed by atoms with Crippen molar-refractivity contribution in [3.05, 3.63) is 21.8 Å². The van der Waals surface area contributed by atoms with E-state index in [2.05, 4.69) is 4.74 Å². The van der Waals surface area contributed by atoms with Gasteiger partial charge >= 0.3 is 12.0 Å². The lowest BCUT2D eigenvalue weighted by atomic mass is 10.0. The average Bonchev–Trinajstić information content (AvgIpc) is 2.19. The molecule has 0 spiro atoms. The Kier molecular flexibility index (Phi) is 4.23. The van der Waals surface area contributed by atoms with Crippen LogP contribution in [-0.2, 0) is 14.3 Å². The average molecular weight is 215 g/mol. The van der Waals surface area contributed by atoms with E-state index in [9.17, 15) is 14.9 Å². The van der Waals surface area contributed by atoms with Gasteiger partial charge in [0.15, 0.2) is 0 Å². The molecule has 0 aromatic rings. The number of carbonyl (C=O) groups is 1. The van der Waals surface area contributed by atoms with Crippen LogP contribution in [0.15, 0.2) is 11.6 Å². The lowest BCUT2D eigenvalue weighted by molar-refractivity contribution is -0.501. The Morgan fingerprint density at radius 1 is 1.80 bits per heavy atom. The molecular weight excluding hydrogens is 202 g/mol. The molecule has 1 rings (SSSR count). The van der Waals surface area contributed by atoms with Gasteiger partial charge < -0.3 is 9.47 Å². The highest BCUT2D eigenvalue weighted by Crippen LogP contribution is 2.16. The first kappa shape index (κ1) is 11.6. The maximum atomic E-state index is 11.3. The van der Waals surface area contributed by atoms with Gasteiger partial charge in [0.25, 0.3) is 0 Å². The van der Waals surface area contributed by atoms with E-state index in [1.165, 1.54) is 0 Å². The number of carbonyl (C=O) groups excluding carboxylic acids is 1. The van der Waals surface area contributed by atoms with Crippen molar-refractivity contribution in [3.8, 4) is 0 Å². The second-order valence-corrected chi connectivity index (χ2v) is 3.04. The molecule has 6 nitrogen and oxygen atoms in total. The minimum atomic E-state index is -1.37. The van der Waals surface area contributed by atoms with Gasteiger partial charge in [-0.25, -0.2) is 4.79 Å². The quantitative estimate of drug-likeness (QED) is 0.296. The van der Waals surface area contributed by atoms with Gasteiger partial charge in [-0.15, -0.1) is 0 Å². The zero-order chi connectivity index (χ0) is 11.3. The van der Waals surface area contributed by atoms with Gasteiger partial charge in [-0.1, -0.05) is 6.08 Å². The summed E-state index contributed by atoms with van der Waals surface area (Å²) in [5.74, 6) is -0.796. The molecule has 15 heavy (non-hydrogen) atoms. The summed E-state index contributed by atoms with van der Waals surface area (Å²) in [5.41, 5.74) is 0.477. The van der Waals surface area contributed by atoms with Gasteiger partial charge in [-0.3, -0.25) is 10.1 Å². The Bertz CT molecular complexity index is 286. The van der Waals surface area contributed by atoms with Crippen LogP contribution < -0.4 is 0 Å². The molecule has 1 heterocycles. The first-order valence-electron chi connectivity index (χ1n) is 4.73. The van der Waals surface area contributed by atoms with E-state index in [0.717, 1.165) is 0 Å². The molecule has 1 aliphatic heterocycles. The Balaban J connectivity index is 2.77. The van der Waals surface area contributed by atoms with Crippen LogP contribution in [0.4, 0.5) is 0 Å². The van der Waals surface area contributed by atoms with Crippen LogP contribution in [0.3, 0.4) is 0 Å². The van der Waals surface area contributed by atoms with Crippen LogP contribution in [0.5, 0.6) is 0 Å². The van der Waals surface area contributed by atoms with E-state index in [4.69, 9.17) is 4.74 Å². The SMILES string of the molecule is CCOC(=O)[C@H](C1=CCOCC1)[N+](=O)[O-]. The van der Waals surface area contributed by atoms with Crippen molar-refractivity contribution in [2.45, 2.75) is 19.4 Å². The number of hydrogen-bond donors (Lipinski definition) is 0. The second kappa shape index (κ2) is 5.45. The molecule has 0 bridgehead atoms. The number of esters is 1. The summed E-state index contributed by atoms with van der Waals surface area (Å²) in [6, 6.07) is -1.37. The molecule has 0 N–H and O–H groups in total. The third-order valence-corrected chi connectivity index (χ3v) is 2.07. The van der Waals surface area contributed by atoms with Crippen LogP contribution in [0, 0.1) is 10.1 Å². The Hall–Kier alpha value is -1.43. The molecule has 1 atom stereocenters. The molecule has 0 unspecified atom stereocenters. The van der Waals surface area contributed by atoms with E-state index >= 15 is 0 Å². The Labute approximate surface area is 87.0 Å². The summed E-state index contributed by atoms with van der Waals surface area (Å²) < 4.78 is 9.67. The molecular formula is C9H13NO5. The monoisotopic (exact) mass is 215 g/mol. The van der Waals surface area contributed by atoms with Crippen LogP contribution in [0.2, 0.25) is 0 Å². The fourth-order valence-corrected chi connectivity index (χ4v) is 1.38. The van der Waals surface area contributed by atoms with E-state index in [1.54, 1.807) is 13.0 Å². The molecule has 0 aromatic heterocycles. The van der Waals surface area contributed by atoms with Crippen molar-refractivity contribution in [2.75, 3.05) is 19.8 Å². The van der Waals surface area contributed by atoms with Gasteiger partial charge in [0.2, 0.25) is 0 Å². The van der Waals surface area contributed by atoms with Crippen LogP contribution in [0.25, 0.3) is 0 Å². The Morgan fingerprint density at radius 3 is 3.00 bits per heavy atom. The van der Waals surface area contributed by atoms with E-state index in [1.807, 2.05) is 0 Å². The standard InChI is InChI=1S/C9H13NO5/c1-2-15-9(11)8(10(12)13)7-3-5-14-6-4-7/h3,8H,2,4-6H2,1H3/t8-/m0/s1. The summed E-state index contributed by atoms with van der Waals surface area (Å²) in [7, 11) is 0. The predicted octanol–water partition coefficient (Wildman–Crippen LogP) is 0.542. The maximum Gasteiger partial charge on any atom is 0.386 e. The maximum absolute atomic E-state index is 11.3. The summed E-state index contributed by atoms with van der Waals surface area (Å²) in [5, 5.41) is 10.7. The van der Waals surface area contributed by atoms with Crippen molar-refractivity contribution < 1.29 is 19.2 Å². The largest absolute Gasteiger partial charge is 0.461 e. The lowest BCUT2D eigenvalue weighted by Crippen LogP contribution is -2.34. The number of ether oxygens (including phenoxy) is 2. The van der Waals surface area contributed by atoms with Crippen molar-refractivity contribution in [1.82, 2.24) is 0 Å². The molecule has 1 aliphatic rings. The number of hydrogen-bond acceptors (Lipinski definition) is 5. The molecule has 84 valence electrons. The minimum absolute atomic E-state index is 0.146. The number of rotatable bonds is 4. The van der Waals surface area contributed by atoms with Crippen LogP contribution in [0.1, 0.15) is 13.3 Å². The smallest absolute Gasteiger partial charge is 0.386 e. The third-order valence-electron chi connectivity index (χ3n) is 2.07. The van der Waals surface area contributed by atoms with Crippen LogP contribution in [-0.4, -0.2) is 36.8 Å². The first-order valence-corrected chi connectivity index (χ1v) is 4.73.